The maximum atomic E-state index is 13.7. The van der Waals surface area contributed by atoms with E-state index < -0.39 is 30.2 Å². The van der Waals surface area contributed by atoms with Crippen LogP contribution in [-0.2, 0) is 19.1 Å². The number of amides is 2. The molecule has 2 amide bonds. The molecule has 0 saturated carbocycles. The molecule has 1 N–H and O–H groups in total. The van der Waals surface area contributed by atoms with Crippen molar-refractivity contribution in [1.82, 2.24) is 0 Å². The highest BCUT2D eigenvalue weighted by atomic mass is 79.9. The van der Waals surface area contributed by atoms with E-state index in [9.17, 15) is 18.8 Å². The minimum Gasteiger partial charge on any atom is -0.497 e. The minimum absolute atomic E-state index is 0.00613. The lowest BCUT2D eigenvalue weighted by Crippen LogP contribution is -2.28. The molecule has 1 heterocycles. The maximum absolute atomic E-state index is 13.7. The Balaban J connectivity index is 1.52. The van der Waals surface area contributed by atoms with Crippen molar-refractivity contribution in [3.05, 3.63) is 52.8 Å². The maximum Gasteiger partial charge on any atom is 0.311 e. The number of hydrogen-bond acceptors (Lipinski definition) is 5. The van der Waals surface area contributed by atoms with Crippen LogP contribution in [0.4, 0.5) is 15.8 Å². The molecule has 7 nitrogen and oxygen atoms in total. The summed E-state index contributed by atoms with van der Waals surface area (Å²) in [6.07, 6.45) is -0.00613. The van der Waals surface area contributed by atoms with Gasteiger partial charge in [-0.2, -0.15) is 0 Å². The van der Waals surface area contributed by atoms with Gasteiger partial charge in [-0.3, -0.25) is 14.4 Å². The predicted octanol–water partition coefficient (Wildman–Crippen LogP) is 3.13. The van der Waals surface area contributed by atoms with Gasteiger partial charge in [0, 0.05) is 23.1 Å². The van der Waals surface area contributed by atoms with Crippen molar-refractivity contribution in [2.45, 2.75) is 6.42 Å². The van der Waals surface area contributed by atoms with Crippen molar-refractivity contribution in [3.63, 3.8) is 0 Å². The van der Waals surface area contributed by atoms with Crippen LogP contribution in [0.25, 0.3) is 0 Å². The Morgan fingerprint density at radius 2 is 1.97 bits per heavy atom. The van der Waals surface area contributed by atoms with E-state index in [-0.39, 0.29) is 24.6 Å². The molecule has 1 fully saturated rings. The summed E-state index contributed by atoms with van der Waals surface area (Å²) in [5.74, 6) is -2.17. The molecule has 0 bridgehead atoms. The second kappa shape index (κ2) is 9.04. The highest BCUT2D eigenvalue weighted by molar-refractivity contribution is 9.10. The number of nitrogens with one attached hydrogen (secondary N) is 1. The Morgan fingerprint density at radius 1 is 1.24 bits per heavy atom. The van der Waals surface area contributed by atoms with Crippen LogP contribution in [-0.4, -0.2) is 38.0 Å². The van der Waals surface area contributed by atoms with E-state index >= 15 is 0 Å². The third-order valence-corrected chi connectivity index (χ3v) is 4.89. The Morgan fingerprint density at radius 3 is 2.62 bits per heavy atom. The fourth-order valence-electron chi connectivity index (χ4n) is 2.91. The quantitative estimate of drug-likeness (QED) is 0.663. The van der Waals surface area contributed by atoms with Crippen molar-refractivity contribution in [3.8, 4) is 5.75 Å². The number of hydrogen-bond donors (Lipinski definition) is 1. The third kappa shape index (κ3) is 5.11. The molecule has 29 heavy (non-hydrogen) atoms. The van der Waals surface area contributed by atoms with Crippen molar-refractivity contribution in [1.29, 1.82) is 0 Å². The highest BCUT2D eigenvalue weighted by Crippen LogP contribution is 2.27. The van der Waals surface area contributed by atoms with E-state index in [0.717, 1.165) is 0 Å². The molecule has 152 valence electrons. The summed E-state index contributed by atoms with van der Waals surface area (Å²) < 4.78 is 24.4. The van der Waals surface area contributed by atoms with Crippen LogP contribution < -0.4 is 15.0 Å². The van der Waals surface area contributed by atoms with E-state index in [1.807, 2.05) is 0 Å². The number of anilines is 2. The Labute approximate surface area is 174 Å². The van der Waals surface area contributed by atoms with Crippen molar-refractivity contribution < 1.29 is 28.2 Å². The molecule has 2 aromatic carbocycles. The fourth-order valence-corrected chi connectivity index (χ4v) is 3.24. The zero-order valence-corrected chi connectivity index (χ0v) is 17.1. The summed E-state index contributed by atoms with van der Waals surface area (Å²) in [5.41, 5.74) is 0.630. The normalized spacial score (nSPS) is 15.9. The first-order chi connectivity index (χ1) is 13.9. The van der Waals surface area contributed by atoms with E-state index in [1.54, 1.807) is 37.4 Å². The van der Waals surface area contributed by atoms with Crippen LogP contribution in [0, 0.1) is 11.7 Å². The molecule has 1 atom stereocenters. The number of rotatable bonds is 6. The number of methoxy groups -OCH3 is 1. The first-order valence-electron chi connectivity index (χ1n) is 8.73. The SMILES string of the molecule is COc1ccc(N2CC(C(=O)OCC(=O)Nc3ccc(Br)cc3F)CC2=O)cc1. The molecule has 1 aliphatic rings. The Kier molecular flexibility index (Phi) is 6.48. The molecule has 0 radical (unpaired) electrons. The molecular formula is C20H18BrFN2O5. The monoisotopic (exact) mass is 464 g/mol. The molecule has 9 heteroatoms. The standard InChI is InChI=1S/C20H18BrFN2O5/c1-28-15-5-3-14(4-6-15)24-10-12(8-19(24)26)20(27)29-11-18(25)23-17-7-2-13(21)9-16(17)22/h2-7,9,12H,8,10-11H2,1H3,(H,23,25). The first-order valence-corrected chi connectivity index (χ1v) is 9.52. The third-order valence-electron chi connectivity index (χ3n) is 4.39. The number of carbonyl (C=O) groups excluding carboxylic acids is 3. The lowest BCUT2D eigenvalue weighted by atomic mass is 10.1. The molecule has 2 aromatic rings. The Bertz CT molecular complexity index is 935. The zero-order chi connectivity index (χ0) is 21.0. The smallest absolute Gasteiger partial charge is 0.311 e. The van der Waals surface area contributed by atoms with Gasteiger partial charge in [0.15, 0.2) is 6.61 Å². The predicted molar refractivity (Wildman–Crippen MR) is 107 cm³/mol. The van der Waals surface area contributed by atoms with Crippen LogP contribution in [0.15, 0.2) is 46.9 Å². The number of nitrogens with zero attached hydrogens (tertiary/aromatic N) is 1. The minimum atomic E-state index is -0.679. The van der Waals surface area contributed by atoms with E-state index in [4.69, 9.17) is 9.47 Å². The molecule has 3 rings (SSSR count). The molecule has 1 saturated heterocycles. The number of halogens is 2. The summed E-state index contributed by atoms with van der Waals surface area (Å²) in [4.78, 5) is 37.9. The van der Waals surface area contributed by atoms with Gasteiger partial charge in [0.1, 0.15) is 11.6 Å². The average molecular weight is 465 g/mol. The Hall–Kier alpha value is -2.94. The second-order valence-corrected chi connectivity index (χ2v) is 7.30. The average Bonchev–Trinajstić information content (AvgIpc) is 3.10. The van der Waals surface area contributed by atoms with Crippen LogP contribution >= 0.6 is 15.9 Å². The summed E-state index contributed by atoms with van der Waals surface area (Å²) in [6.45, 7) is -0.408. The highest BCUT2D eigenvalue weighted by Gasteiger charge is 2.36. The van der Waals surface area contributed by atoms with Gasteiger partial charge >= 0.3 is 5.97 Å². The van der Waals surface area contributed by atoms with Crippen LogP contribution in [0.2, 0.25) is 0 Å². The van der Waals surface area contributed by atoms with Crippen molar-refractivity contribution in [2.24, 2.45) is 5.92 Å². The van der Waals surface area contributed by atoms with Gasteiger partial charge in [0.2, 0.25) is 5.91 Å². The summed E-state index contributed by atoms with van der Waals surface area (Å²) in [6, 6.07) is 11.1. The molecule has 0 aliphatic carbocycles. The summed E-state index contributed by atoms with van der Waals surface area (Å²) >= 11 is 3.12. The van der Waals surface area contributed by atoms with Crippen LogP contribution in [0.3, 0.4) is 0 Å². The van der Waals surface area contributed by atoms with E-state index in [0.29, 0.717) is 15.9 Å². The van der Waals surface area contributed by atoms with Crippen molar-refractivity contribution in [2.75, 3.05) is 30.5 Å². The lowest BCUT2D eigenvalue weighted by Gasteiger charge is -2.17. The molecule has 0 aromatic heterocycles. The topological polar surface area (TPSA) is 84.9 Å². The second-order valence-electron chi connectivity index (χ2n) is 6.38. The number of carbonyl (C=O) groups is 3. The summed E-state index contributed by atoms with van der Waals surface area (Å²) in [5, 5.41) is 2.34. The molecule has 0 spiro atoms. The number of ether oxygens (including phenoxy) is 2. The van der Waals surface area contributed by atoms with Gasteiger partial charge in [0.05, 0.1) is 18.7 Å². The van der Waals surface area contributed by atoms with Crippen LogP contribution in [0.1, 0.15) is 6.42 Å². The van der Waals surface area contributed by atoms with Crippen LogP contribution in [0.5, 0.6) is 5.75 Å². The van der Waals surface area contributed by atoms with Gasteiger partial charge in [-0.25, -0.2) is 4.39 Å². The number of benzene rings is 2. The van der Waals surface area contributed by atoms with Gasteiger partial charge in [-0.05, 0) is 42.5 Å². The number of esters is 1. The largest absolute Gasteiger partial charge is 0.497 e. The van der Waals surface area contributed by atoms with E-state index in [1.165, 1.54) is 17.0 Å². The van der Waals surface area contributed by atoms with Crippen molar-refractivity contribution >= 4 is 45.1 Å². The fraction of sp³-hybridized carbons (Fsp3) is 0.250. The van der Waals surface area contributed by atoms with Gasteiger partial charge in [0.25, 0.3) is 5.91 Å². The molecule has 1 unspecified atom stereocenters. The van der Waals surface area contributed by atoms with Gasteiger partial charge in [-0.1, -0.05) is 15.9 Å². The van der Waals surface area contributed by atoms with E-state index in [2.05, 4.69) is 21.2 Å². The zero-order valence-electron chi connectivity index (χ0n) is 15.5. The first kappa shape index (κ1) is 20.8. The molecular weight excluding hydrogens is 447 g/mol. The molecule has 1 aliphatic heterocycles. The van der Waals surface area contributed by atoms with Gasteiger partial charge < -0.3 is 19.7 Å². The lowest BCUT2D eigenvalue weighted by molar-refractivity contribution is -0.151. The van der Waals surface area contributed by atoms with Gasteiger partial charge in [-0.15, -0.1) is 0 Å². The summed E-state index contributed by atoms with van der Waals surface area (Å²) in [7, 11) is 1.54.